The third kappa shape index (κ3) is 3.57. The van der Waals surface area contributed by atoms with Crippen molar-refractivity contribution in [3.63, 3.8) is 0 Å². The zero-order chi connectivity index (χ0) is 20.9. The van der Waals surface area contributed by atoms with Crippen molar-refractivity contribution in [2.45, 2.75) is 65.5 Å². The molecule has 1 aromatic carbocycles. The number of amides is 1. The number of rotatable bonds is 3. The van der Waals surface area contributed by atoms with E-state index in [1.807, 2.05) is 40.7 Å². The average Bonchev–Trinajstić information content (AvgIpc) is 3.00. The predicted molar refractivity (Wildman–Crippen MR) is 111 cm³/mol. The summed E-state index contributed by atoms with van der Waals surface area (Å²) in [5.41, 5.74) is 3.53. The van der Waals surface area contributed by atoms with Gasteiger partial charge < -0.3 is 18.9 Å². The van der Waals surface area contributed by atoms with Crippen molar-refractivity contribution in [3.8, 4) is 0 Å². The van der Waals surface area contributed by atoms with Gasteiger partial charge in [0.2, 0.25) is 5.91 Å². The van der Waals surface area contributed by atoms with Crippen molar-refractivity contribution in [3.05, 3.63) is 45.0 Å². The molecule has 1 aliphatic rings. The van der Waals surface area contributed by atoms with Gasteiger partial charge in [-0.3, -0.25) is 4.79 Å². The maximum Gasteiger partial charge on any atom is 0.340 e. The fourth-order valence-electron chi connectivity index (χ4n) is 4.32. The van der Waals surface area contributed by atoms with Gasteiger partial charge in [0, 0.05) is 29.0 Å². The Kier molecular flexibility index (Phi) is 4.77. The first kappa shape index (κ1) is 19.7. The summed E-state index contributed by atoms with van der Waals surface area (Å²) >= 11 is 0. The Balaban J connectivity index is 1.67. The highest BCUT2D eigenvalue weighted by atomic mass is 16.5. The van der Waals surface area contributed by atoms with Crippen molar-refractivity contribution in [2.75, 3.05) is 6.61 Å². The second kappa shape index (κ2) is 7.02. The van der Waals surface area contributed by atoms with E-state index in [-0.39, 0.29) is 24.0 Å². The SMILES string of the molecule is Cc1coc2c(C)c3oc(=O)c(CC(=O)N[C@H]4CCOC(C)(C)C4)c(C)c3cc12. The Labute approximate surface area is 169 Å². The average molecular weight is 397 g/mol. The molecule has 154 valence electrons. The monoisotopic (exact) mass is 397 g/mol. The van der Waals surface area contributed by atoms with Gasteiger partial charge >= 0.3 is 5.63 Å². The number of aryl methyl sites for hydroxylation is 3. The van der Waals surface area contributed by atoms with Crippen molar-refractivity contribution in [1.29, 1.82) is 0 Å². The second-order valence-corrected chi connectivity index (χ2v) is 8.71. The Hall–Kier alpha value is -2.60. The smallest absolute Gasteiger partial charge is 0.340 e. The number of benzene rings is 1. The topological polar surface area (TPSA) is 81.7 Å². The number of fused-ring (bicyclic) bond motifs is 2. The molecule has 29 heavy (non-hydrogen) atoms. The lowest BCUT2D eigenvalue weighted by Gasteiger charge is -2.35. The van der Waals surface area contributed by atoms with Gasteiger partial charge in [0.05, 0.1) is 23.8 Å². The summed E-state index contributed by atoms with van der Waals surface area (Å²) in [6.45, 7) is 10.4. The van der Waals surface area contributed by atoms with Crippen LogP contribution in [0, 0.1) is 20.8 Å². The van der Waals surface area contributed by atoms with Crippen molar-refractivity contribution in [2.24, 2.45) is 0 Å². The minimum Gasteiger partial charge on any atom is -0.464 e. The summed E-state index contributed by atoms with van der Waals surface area (Å²) in [7, 11) is 0. The maximum atomic E-state index is 12.7. The quantitative estimate of drug-likeness (QED) is 0.674. The normalized spacial score (nSPS) is 19.0. The van der Waals surface area contributed by atoms with E-state index in [2.05, 4.69) is 5.32 Å². The molecule has 1 aliphatic heterocycles. The van der Waals surface area contributed by atoms with E-state index in [4.69, 9.17) is 13.6 Å². The van der Waals surface area contributed by atoms with Gasteiger partial charge in [0.25, 0.3) is 0 Å². The first-order chi connectivity index (χ1) is 13.7. The lowest BCUT2D eigenvalue weighted by Crippen LogP contribution is -2.46. The highest BCUT2D eigenvalue weighted by molar-refractivity contribution is 6.00. The van der Waals surface area contributed by atoms with Crippen LogP contribution in [0.25, 0.3) is 21.9 Å². The molecule has 1 atom stereocenters. The number of carbonyl (C=O) groups is 1. The number of furan rings is 1. The number of carbonyl (C=O) groups excluding carboxylic acids is 1. The third-order valence-electron chi connectivity index (χ3n) is 5.93. The largest absolute Gasteiger partial charge is 0.464 e. The molecule has 2 aromatic heterocycles. The van der Waals surface area contributed by atoms with Gasteiger partial charge in [-0.05, 0) is 64.7 Å². The number of hydrogen-bond acceptors (Lipinski definition) is 5. The number of nitrogens with one attached hydrogen (secondary N) is 1. The molecule has 0 spiro atoms. The number of hydrogen-bond donors (Lipinski definition) is 1. The van der Waals surface area contributed by atoms with E-state index >= 15 is 0 Å². The lowest BCUT2D eigenvalue weighted by atomic mass is 9.93. The summed E-state index contributed by atoms with van der Waals surface area (Å²) in [5.74, 6) is -0.167. The molecule has 4 rings (SSSR count). The van der Waals surface area contributed by atoms with Crippen LogP contribution in [-0.4, -0.2) is 24.2 Å². The van der Waals surface area contributed by atoms with Gasteiger partial charge in [0.1, 0.15) is 11.2 Å². The molecular formula is C23H27NO5. The molecule has 1 N–H and O–H groups in total. The van der Waals surface area contributed by atoms with Crippen molar-refractivity contribution < 1.29 is 18.4 Å². The Morgan fingerprint density at radius 2 is 1.93 bits per heavy atom. The molecule has 3 heterocycles. The van der Waals surface area contributed by atoms with Crippen LogP contribution < -0.4 is 10.9 Å². The van der Waals surface area contributed by atoms with Crippen LogP contribution in [0.1, 0.15) is 48.9 Å². The molecular weight excluding hydrogens is 370 g/mol. The van der Waals surface area contributed by atoms with Crippen LogP contribution in [0.15, 0.2) is 26.0 Å². The molecule has 0 radical (unpaired) electrons. The maximum absolute atomic E-state index is 12.7. The Morgan fingerprint density at radius 1 is 1.17 bits per heavy atom. The van der Waals surface area contributed by atoms with Crippen LogP contribution in [0.3, 0.4) is 0 Å². The van der Waals surface area contributed by atoms with Gasteiger partial charge in [-0.2, -0.15) is 0 Å². The van der Waals surface area contributed by atoms with E-state index in [1.54, 1.807) is 6.26 Å². The summed E-state index contributed by atoms with van der Waals surface area (Å²) in [6.07, 6.45) is 3.23. The van der Waals surface area contributed by atoms with E-state index < -0.39 is 5.63 Å². The fourth-order valence-corrected chi connectivity index (χ4v) is 4.32. The molecule has 3 aromatic rings. The second-order valence-electron chi connectivity index (χ2n) is 8.71. The lowest BCUT2D eigenvalue weighted by molar-refractivity contribution is -0.123. The summed E-state index contributed by atoms with van der Waals surface area (Å²) in [4.78, 5) is 25.4. The van der Waals surface area contributed by atoms with Crippen LogP contribution in [0.2, 0.25) is 0 Å². The predicted octanol–water partition coefficient (Wildman–Crippen LogP) is 4.08. The van der Waals surface area contributed by atoms with Crippen molar-refractivity contribution >= 4 is 27.8 Å². The molecule has 1 fully saturated rings. The van der Waals surface area contributed by atoms with Gasteiger partial charge in [-0.15, -0.1) is 0 Å². The standard InChI is InChI=1S/C23H27NO5/c1-12-11-27-20-14(3)21-17(8-16(12)20)13(2)18(22(26)29-21)9-19(25)24-15-6-7-28-23(4,5)10-15/h8,11,15H,6-7,9-10H2,1-5H3,(H,24,25)/t15-/m0/s1. The summed E-state index contributed by atoms with van der Waals surface area (Å²) in [5, 5.41) is 4.89. The molecule has 0 unspecified atom stereocenters. The zero-order valence-corrected chi connectivity index (χ0v) is 17.6. The van der Waals surface area contributed by atoms with Crippen LogP contribution in [0.5, 0.6) is 0 Å². The van der Waals surface area contributed by atoms with Crippen molar-refractivity contribution in [1.82, 2.24) is 5.32 Å². The van der Waals surface area contributed by atoms with Crippen LogP contribution in [-0.2, 0) is 16.0 Å². The summed E-state index contributed by atoms with van der Waals surface area (Å²) in [6, 6.07) is 2.03. The Morgan fingerprint density at radius 3 is 2.66 bits per heavy atom. The molecule has 0 aliphatic carbocycles. The van der Waals surface area contributed by atoms with Crippen LogP contribution in [0.4, 0.5) is 0 Å². The molecule has 0 saturated carbocycles. The molecule has 1 amide bonds. The highest BCUT2D eigenvalue weighted by Crippen LogP contribution is 2.32. The Bertz CT molecular complexity index is 1170. The fraction of sp³-hybridized carbons (Fsp3) is 0.478. The number of ether oxygens (including phenoxy) is 1. The molecule has 1 saturated heterocycles. The highest BCUT2D eigenvalue weighted by Gasteiger charge is 2.30. The zero-order valence-electron chi connectivity index (χ0n) is 17.6. The van der Waals surface area contributed by atoms with Gasteiger partial charge in [-0.25, -0.2) is 4.79 Å². The molecule has 0 bridgehead atoms. The van der Waals surface area contributed by atoms with E-state index in [0.717, 1.165) is 45.9 Å². The van der Waals surface area contributed by atoms with Gasteiger partial charge in [0.15, 0.2) is 0 Å². The minimum absolute atomic E-state index is 0.00332. The van der Waals surface area contributed by atoms with E-state index in [9.17, 15) is 9.59 Å². The minimum atomic E-state index is -0.469. The third-order valence-corrected chi connectivity index (χ3v) is 5.93. The molecule has 6 nitrogen and oxygen atoms in total. The first-order valence-electron chi connectivity index (χ1n) is 10.0. The van der Waals surface area contributed by atoms with Gasteiger partial charge in [-0.1, -0.05) is 0 Å². The summed E-state index contributed by atoms with van der Waals surface area (Å²) < 4.78 is 17.0. The first-order valence-corrected chi connectivity index (χ1v) is 10.0. The van der Waals surface area contributed by atoms with E-state index in [1.165, 1.54) is 0 Å². The van der Waals surface area contributed by atoms with Crippen LogP contribution >= 0.6 is 0 Å². The van der Waals surface area contributed by atoms with E-state index in [0.29, 0.717) is 17.8 Å². The molecule has 6 heteroatoms.